The summed E-state index contributed by atoms with van der Waals surface area (Å²) in [6.45, 7) is 0.597. The van der Waals surface area contributed by atoms with Crippen LogP contribution >= 0.6 is 0 Å². The van der Waals surface area contributed by atoms with E-state index in [9.17, 15) is 22.8 Å². The number of ether oxygens (including phenoxy) is 2. The summed E-state index contributed by atoms with van der Waals surface area (Å²) in [5.41, 5.74) is 0.252. The molecule has 0 bridgehead atoms. The maximum atomic E-state index is 12.7. The van der Waals surface area contributed by atoms with E-state index in [1.54, 1.807) is 6.07 Å². The number of carbonyl (C=O) groups excluding carboxylic acids is 2. The lowest BCUT2D eigenvalue weighted by molar-refractivity contribution is -0.137. The number of rotatable bonds is 4. The number of halogens is 3. The standard InChI is InChI=1S/C19H17F3N4O4/c1-26-14(9-24-18(26)28)17(27)25-13-7-12(6-10-4-5-29-16(10)13)30-15-3-2-11(8-23-15)19(20,21)22/h2-3,6-8,14H,4-5,9H2,1H3,(H,24,28)(H,25,27)/t14-/m1/s1. The number of nitrogens with one attached hydrogen (secondary N) is 2. The molecule has 0 spiro atoms. The van der Waals surface area contributed by atoms with Crippen molar-refractivity contribution in [2.45, 2.75) is 18.6 Å². The number of pyridine rings is 1. The molecule has 0 radical (unpaired) electrons. The summed E-state index contributed by atoms with van der Waals surface area (Å²) < 4.78 is 49.2. The van der Waals surface area contributed by atoms with Crippen molar-refractivity contribution in [2.75, 3.05) is 25.5 Å². The Morgan fingerprint density at radius 2 is 2.17 bits per heavy atom. The van der Waals surface area contributed by atoms with Gasteiger partial charge in [-0.05, 0) is 12.1 Å². The first kappa shape index (κ1) is 19.8. The van der Waals surface area contributed by atoms with Crippen LogP contribution in [0.5, 0.6) is 17.4 Å². The summed E-state index contributed by atoms with van der Waals surface area (Å²) in [5.74, 6) is 0.356. The first-order valence-corrected chi connectivity index (χ1v) is 9.05. The molecule has 11 heteroatoms. The van der Waals surface area contributed by atoms with Crippen molar-refractivity contribution >= 4 is 17.6 Å². The Morgan fingerprint density at radius 3 is 2.80 bits per heavy atom. The number of hydrogen-bond donors (Lipinski definition) is 2. The summed E-state index contributed by atoms with van der Waals surface area (Å²) in [6.07, 6.45) is -3.22. The third kappa shape index (κ3) is 3.82. The summed E-state index contributed by atoms with van der Waals surface area (Å²) in [6, 6.07) is 4.16. The van der Waals surface area contributed by atoms with Crippen LogP contribution in [0.2, 0.25) is 0 Å². The van der Waals surface area contributed by atoms with Crippen molar-refractivity contribution in [3.63, 3.8) is 0 Å². The van der Waals surface area contributed by atoms with Crippen molar-refractivity contribution < 1.29 is 32.2 Å². The fourth-order valence-electron chi connectivity index (χ4n) is 3.23. The average molecular weight is 422 g/mol. The van der Waals surface area contributed by atoms with E-state index in [0.29, 0.717) is 30.7 Å². The lowest BCUT2D eigenvalue weighted by Gasteiger charge is -2.19. The molecule has 8 nitrogen and oxygen atoms in total. The minimum Gasteiger partial charge on any atom is -0.491 e. The zero-order chi connectivity index (χ0) is 21.5. The maximum Gasteiger partial charge on any atom is 0.417 e. The highest BCUT2D eigenvalue weighted by molar-refractivity contribution is 6.00. The minimum atomic E-state index is -4.49. The second-order valence-corrected chi connectivity index (χ2v) is 6.84. The number of likely N-dealkylation sites (N-methyl/N-ethyl adjacent to an activating group) is 1. The van der Waals surface area contributed by atoms with Gasteiger partial charge in [0.05, 0.1) is 17.9 Å². The van der Waals surface area contributed by atoms with E-state index >= 15 is 0 Å². The minimum absolute atomic E-state index is 0.0236. The van der Waals surface area contributed by atoms with Gasteiger partial charge in [-0.15, -0.1) is 0 Å². The Morgan fingerprint density at radius 1 is 1.37 bits per heavy atom. The number of hydrogen-bond acceptors (Lipinski definition) is 5. The van der Waals surface area contributed by atoms with Crippen molar-refractivity contribution in [3.8, 4) is 17.4 Å². The van der Waals surface area contributed by atoms with E-state index in [1.807, 2.05) is 0 Å². The van der Waals surface area contributed by atoms with E-state index in [1.165, 1.54) is 18.0 Å². The average Bonchev–Trinajstić information content (AvgIpc) is 3.28. The van der Waals surface area contributed by atoms with Gasteiger partial charge in [-0.3, -0.25) is 4.79 Å². The molecule has 30 heavy (non-hydrogen) atoms. The number of amides is 3. The number of anilines is 1. The first-order chi connectivity index (χ1) is 14.2. The summed E-state index contributed by atoms with van der Waals surface area (Å²) >= 11 is 0. The molecule has 0 saturated carbocycles. The number of aromatic nitrogens is 1. The Hall–Kier alpha value is -3.50. The molecule has 2 aliphatic rings. The predicted molar refractivity (Wildman–Crippen MR) is 98.5 cm³/mol. The monoisotopic (exact) mass is 422 g/mol. The number of carbonyl (C=O) groups is 2. The number of benzene rings is 1. The Balaban J connectivity index is 1.56. The molecule has 2 N–H and O–H groups in total. The zero-order valence-electron chi connectivity index (χ0n) is 15.7. The van der Waals surface area contributed by atoms with Crippen LogP contribution in [0.1, 0.15) is 11.1 Å². The van der Waals surface area contributed by atoms with Gasteiger partial charge < -0.3 is 25.0 Å². The van der Waals surface area contributed by atoms with Gasteiger partial charge in [-0.1, -0.05) is 0 Å². The zero-order valence-corrected chi connectivity index (χ0v) is 15.7. The fraction of sp³-hybridized carbons (Fsp3) is 0.316. The van der Waals surface area contributed by atoms with Gasteiger partial charge in [0.25, 0.3) is 0 Å². The highest BCUT2D eigenvalue weighted by Gasteiger charge is 2.34. The highest BCUT2D eigenvalue weighted by atomic mass is 19.4. The molecular weight excluding hydrogens is 405 g/mol. The SMILES string of the molecule is CN1C(=O)NC[C@@H]1C(=O)Nc1cc(Oc2ccc(C(F)(F)F)cn2)cc2c1OCC2. The van der Waals surface area contributed by atoms with Crippen molar-refractivity contribution in [1.29, 1.82) is 0 Å². The van der Waals surface area contributed by atoms with Gasteiger partial charge in [0, 0.05) is 43.9 Å². The molecule has 158 valence electrons. The number of urea groups is 1. The molecule has 1 aromatic carbocycles. The molecule has 0 unspecified atom stereocenters. The molecule has 4 rings (SSSR count). The Kier molecular flexibility index (Phi) is 4.88. The van der Waals surface area contributed by atoms with E-state index in [2.05, 4.69) is 15.6 Å². The first-order valence-electron chi connectivity index (χ1n) is 9.05. The van der Waals surface area contributed by atoms with E-state index in [0.717, 1.165) is 17.7 Å². The maximum absolute atomic E-state index is 12.7. The molecule has 2 aliphatic heterocycles. The molecule has 3 amide bonds. The smallest absolute Gasteiger partial charge is 0.417 e. The van der Waals surface area contributed by atoms with Gasteiger partial charge in [0.15, 0.2) is 0 Å². The quantitative estimate of drug-likeness (QED) is 0.791. The van der Waals surface area contributed by atoms with Crippen LogP contribution in [0.25, 0.3) is 0 Å². The Bertz CT molecular complexity index is 995. The molecule has 1 atom stereocenters. The predicted octanol–water partition coefficient (Wildman–Crippen LogP) is 2.79. The lowest BCUT2D eigenvalue weighted by Crippen LogP contribution is -2.40. The molecular formula is C19H17F3N4O4. The number of fused-ring (bicyclic) bond motifs is 1. The van der Waals surface area contributed by atoms with Crippen molar-refractivity contribution in [2.24, 2.45) is 0 Å². The van der Waals surface area contributed by atoms with Gasteiger partial charge in [-0.25, -0.2) is 9.78 Å². The highest BCUT2D eigenvalue weighted by Crippen LogP contribution is 2.39. The third-order valence-corrected chi connectivity index (χ3v) is 4.84. The van der Waals surface area contributed by atoms with Gasteiger partial charge in [0.2, 0.25) is 11.8 Å². The lowest BCUT2D eigenvalue weighted by atomic mass is 10.1. The fourth-order valence-corrected chi connectivity index (χ4v) is 3.23. The van der Waals surface area contributed by atoms with Gasteiger partial charge in [0.1, 0.15) is 17.5 Å². The summed E-state index contributed by atoms with van der Waals surface area (Å²) in [4.78, 5) is 29.2. The second-order valence-electron chi connectivity index (χ2n) is 6.84. The van der Waals surface area contributed by atoms with Gasteiger partial charge >= 0.3 is 12.2 Å². The second kappa shape index (κ2) is 7.39. The molecule has 1 saturated heterocycles. The molecule has 3 heterocycles. The summed E-state index contributed by atoms with van der Waals surface area (Å²) in [5, 5.41) is 5.32. The summed E-state index contributed by atoms with van der Waals surface area (Å²) in [7, 11) is 1.52. The Labute approximate surface area is 169 Å². The third-order valence-electron chi connectivity index (χ3n) is 4.84. The van der Waals surface area contributed by atoms with Gasteiger partial charge in [-0.2, -0.15) is 13.2 Å². The number of alkyl halides is 3. The molecule has 1 fully saturated rings. The normalized spacial score (nSPS) is 17.9. The van der Waals surface area contributed by atoms with Crippen LogP contribution in [0.3, 0.4) is 0 Å². The molecule has 1 aromatic heterocycles. The van der Waals surface area contributed by atoms with E-state index in [4.69, 9.17) is 9.47 Å². The molecule has 2 aromatic rings. The van der Waals surface area contributed by atoms with Crippen LogP contribution in [0.15, 0.2) is 30.5 Å². The van der Waals surface area contributed by atoms with E-state index in [-0.39, 0.29) is 24.2 Å². The number of nitrogens with zero attached hydrogens (tertiary/aromatic N) is 2. The van der Waals surface area contributed by atoms with Crippen LogP contribution in [-0.4, -0.2) is 48.1 Å². The molecule has 0 aliphatic carbocycles. The van der Waals surface area contributed by atoms with Crippen molar-refractivity contribution in [3.05, 3.63) is 41.6 Å². The van der Waals surface area contributed by atoms with Crippen LogP contribution in [-0.2, 0) is 17.4 Å². The van der Waals surface area contributed by atoms with Crippen molar-refractivity contribution in [1.82, 2.24) is 15.2 Å². The van der Waals surface area contributed by atoms with Crippen LogP contribution in [0, 0.1) is 0 Å². The van der Waals surface area contributed by atoms with Crippen LogP contribution in [0.4, 0.5) is 23.7 Å². The van der Waals surface area contributed by atoms with Crippen LogP contribution < -0.4 is 20.1 Å². The largest absolute Gasteiger partial charge is 0.491 e. The topological polar surface area (TPSA) is 92.8 Å². The van der Waals surface area contributed by atoms with E-state index < -0.39 is 23.7 Å².